The summed E-state index contributed by atoms with van der Waals surface area (Å²) in [6, 6.07) is 3.57. The summed E-state index contributed by atoms with van der Waals surface area (Å²) in [5.41, 5.74) is 1.49. The number of nitrogens with one attached hydrogen (secondary N) is 1. The number of amides is 3. The lowest BCUT2D eigenvalue weighted by molar-refractivity contribution is 0.0788. The standard InChI is InChI=1S/C17H26N4O2/c1-12(2)10-20(4)17(23)19-15-7-8-21(11-15)16(22)14-6-5-13(3)18-9-14/h5-6,9,12,15H,7-8,10-11H2,1-4H3,(H,19,23)/t15-/m1/s1. The van der Waals surface area contributed by atoms with Gasteiger partial charge in [0.05, 0.1) is 5.56 Å². The second kappa shape index (κ2) is 7.44. The molecule has 1 N–H and O–H groups in total. The van der Waals surface area contributed by atoms with Crippen molar-refractivity contribution in [2.45, 2.75) is 33.2 Å². The van der Waals surface area contributed by atoms with Crippen molar-refractivity contribution in [1.82, 2.24) is 20.1 Å². The van der Waals surface area contributed by atoms with Gasteiger partial charge >= 0.3 is 6.03 Å². The smallest absolute Gasteiger partial charge is 0.317 e. The van der Waals surface area contributed by atoms with Crippen LogP contribution in [-0.2, 0) is 0 Å². The SMILES string of the molecule is Cc1ccc(C(=O)N2CC[C@@H](NC(=O)N(C)CC(C)C)C2)cn1. The van der Waals surface area contributed by atoms with E-state index in [-0.39, 0.29) is 18.0 Å². The first-order valence-electron chi connectivity index (χ1n) is 8.10. The van der Waals surface area contributed by atoms with Gasteiger partial charge in [-0.1, -0.05) is 13.8 Å². The molecule has 0 unspecified atom stereocenters. The molecule has 1 atom stereocenters. The summed E-state index contributed by atoms with van der Waals surface area (Å²) in [4.78, 5) is 32.2. The predicted octanol–water partition coefficient (Wildman–Crippen LogP) is 1.90. The molecule has 1 aromatic heterocycles. The minimum Gasteiger partial charge on any atom is -0.336 e. The van der Waals surface area contributed by atoms with E-state index in [4.69, 9.17) is 0 Å². The number of pyridine rings is 1. The summed E-state index contributed by atoms with van der Waals surface area (Å²) in [5.74, 6) is 0.409. The van der Waals surface area contributed by atoms with Gasteiger partial charge in [0.25, 0.3) is 5.91 Å². The van der Waals surface area contributed by atoms with Gasteiger partial charge in [-0.3, -0.25) is 9.78 Å². The lowest BCUT2D eigenvalue weighted by atomic mass is 10.2. The Morgan fingerprint density at radius 2 is 2.17 bits per heavy atom. The van der Waals surface area contributed by atoms with Gasteiger partial charge in [0.1, 0.15) is 0 Å². The Bertz CT molecular complexity index is 556. The number of rotatable bonds is 4. The van der Waals surface area contributed by atoms with Crippen molar-refractivity contribution in [2.75, 3.05) is 26.7 Å². The third-order valence-electron chi connectivity index (χ3n) is 3.95. The van der Waals surface area contributed by atoms with Crippen LogP contribution < -0.4 is 5.32 Å². The summed E-state index contributed by atoms with van der Waals surface area (Å²) in [6.45, 7) is 7.98. The first-order valence-corrected chi connectivity index (χ1v) is 8.10. The molecule has 0 spiro atoms. The number of aromatic nitrogens is 1. The van der Waals surface area contributed by atoms with Crippen molar-refractivity contribution in [2.24, 2.45) is 5.92 Å². The molecule has 0 radical (unpaired) electrons. The van der Waals surface area contributed by atoms with Crippen LogP contribution in [0.15, 0.2) is 18.3 Å². The summed E-state index contributed by atoms with van der Waals surface area (Å²) in [7, 11) is 1.80. The van der Waals surface area contributed by atoms with Crippen molar-refractivity contribution < 1.29 is 9.59 Å². The van der Waals surface area contributed by atoms with Crippen LogP contribution in [0.5, 0.6) is 0 Å². The fourth-order valence-electron chi connectivity index (χ4n) is 2.75. The van der Waals surface area contributed by atoms with Gasteiger partial charge in [0.2, 0.25) is 0 Å². The summed E-state index contributed by atoms with van der Waals surface area (Å²) >= 11 is 0. The van der Waals surface area contributed by atoms with E-state index in [1.165, 1.54) is 0 Å². The second-order valence-corrected chi connectivity index (χ2v) is 6.65. The quantitative estimate of drug-likeness (QED) is 0.922. The molecule has 1 aromatic rings. The fraction of sp³-hybridized carbons (Fsp3) is 0.588. The van der Waals surface area contributed by atoms with E-state index in [9.17, 15) is 9.59 Å². The number of carbonyl (C=O) groups excluding carboxylic acids is 2. The Morgan fingerprint density at radius 1 is 1.43 bits per heavy atom. The number of aryl methyl sites for hydroxylation is 1. The topological polar surface area (TPSA) is 65.5 Å². The molecule has 6 nitrogen and oxygen atoms in total. The minimum absolute atomic E-state index is 0.0134. The Labute approximate surface area is 137 Å². The fourth-order valence-corrected chi connectivity index (χ4v) is 2.75. The highest BCUT2D eigenvalue weighted by Crippen LogP contribution is 2.14. The number of likely N-dealkylation sites (tertiary alicyclic amines) is 1. The minimum atomic E-state index is -0.0741. The zero-order valence-electron chi connectivity index (χ0n) is 14.4. The third kappa shape index (κ3) is 4.68. The van der Waals surface area contributed by atoms with Crippen molar-refractivity contribution in [3.05, 3.63) is 29.6 Å². The third-order valence-corrected chi connectivity index (χ3v) is 3.95. The van der Waals surface area contributed by atoms with E-state index in [2.05, 4.69) is 24.1 Å². The molecule has 0 aliphatic carbocycles. The van der Waals surface area contributed by atoms with Gasteiger partial charge in [-0.2, -0.15) is 0 Å². The van der Waals surface area contributed by atoms with Crippen molar-refractivity contribution in [3.8, 4) is 0 Å². The average Bonchev–Trinajstić information content (AvgIpc) is 2.95. The van der Waals surface area contributed by atoms with Crippen LogP contribution in [0.25, 0.3) is 0 Å². The van der Waals surface area contributed by atoms with Crippen LogP contribution in [0.4, 0.5) is 4.79 Å². The molecule has 2 rings (SSSR count). The summed E-state index contributed by atoms with van der Waals surface area (Å²) in [5, 5.41) is 3.01. The molecule has 0 aromatic carbocycles. The van der Waals surface area contributed by atoms with Gasteiger partial charge in [-0.05, 0) is 31.4 Å². The van der Waals surface area contributed by atoms with Crippen LogP contribution in [-0.4, -0.2) is 59.4 Å². The molecule has 2 heterocycles. The molecular weight excluding hydrogens is 292 g/mol. The highest BCUT2D eigenvalue weighted by Gasteiger charge is 2.28. The van der Waals surface area contributed by atoms with E-state index >= 15 is 0 Å². The van der Waals surface area contributed by atoms with E-state index in [1.54, 1.807) is 29.1 Å². The van der Waals surface area contributed by atoms with Crippen molar-refractivity contribution >= 4 is 11.9 Å². The molecule has 1 aliphatic rings. The average molecular weight is 318 g/mol. The van der Waals surface area contributed by atoms with Gasteiger partial charge in [0, 0.05) is 44.6 Å². The maximum absolute atomic E-state index is 12.4. The molecule has 23 heavy (non-hydrogen) atoms. The van der Waals surface area contributed by atoms with E-state index in [0.29, 0.717) is 24.6 Å². The molecule has 3 amide bonds. The van der Waals surface area contributed by atoms with E-state index in [1.807, 2.05) is 13.0 Å². The lowest BCUT2D eigenvalue weighted by Crippen LogP contribution is -2.45. The number of urea groups is 1. The number of carbonyl (C=O) groups is 2. The first kappa shape index (κ1) is 17.2. The predicted molar refractivity (Wildman–Crippen MR) is 89.3 cm³/mol. The highest BCUT2D eigenvalue weighted by atomic mass is 16.2. The Hall–Kier alpha value is -2.11. The molecule has 1 fully saturated rings. The molecule has 126 valence electrons. The Kier molecular flexibility index (Phi) is 5.58. The van der Waals surface area contributed by atoms with Crippen molar-refractivity contribution in [1.29, 1.82) is 0 Å². The van der Waals surface area contributed by atoms with Crippen LogP contribution in [0.3, 0.4) is 0 Å². The highest BCUT2D eigenvalue weighted by molar-refractivity contribution is 5.94. The molecule has 0 saturated carbocycles. The van der Waals surface area contributed by atoms with E-state index < -0.39 is 0 Å². The Balaban J connectivity index is 1.87. The van der Waals surface area contributed by atoms with Crippen molar-refractivity contribution in [3.63, 3.8) is 0 Å². The summed E-state index contributed by atoms with van der Waals surface area (Å²) < 4.78 is 0. The molecule has 0 bridgehead atoms. The molecule has 1 saturated heterocycles. The largest absolute Gasteiger partial charge is 0.336 e. The number of nitrogens with zero attached hydrogens (tertiary/aromatic N) is 3. The lowest BCUT2D eigenvalue weighted by Gasteiger charge is -2.23. The van der Waals surface area contributed by atoms with E-state index in [0.717, 1.165) is 18.7 Å². The summed E-state index contributed by atoms with van der Waals surface area (Å²) in [6.07, 6.45) is 2.40. The zero-order chi connectivity index (χ0) is 17.0. The Morgan fingerprint density at radius 3 is 2.78 bits per heavy atom. The van der Waals surface area contributed by atoms with Gasteiger partial charge in [-0.25, -0.2) is 4.79 Å². The van der Waals surface area contributed by atoms with Gasteiger partial charge in [0.15, 0.2) is 0 Å². The van der Waals surface area contributed by atoms with Crippen LogP contribution in [0.2, 0.25) is 0 Å². The maximum atomic E-state index is 12.4. The first-order chi connectivity index (χ1) is 10.9. The maximum Gasteiger partial charge on any atom is 0.317 e. The van der Waals surface area contributed by atoms with Crippen LogP contribution in [0, 0.1) is 12.8 Å². The van der Waals surface area contributed by atoms with Crippen LogP contribution >= 0.6 is 0 Å². The molecular formula is C17H26N4O2. The van der Waals surface area contributed by atoms with Gasteiger partial charge in [-0.15, -0.1) is 0 Å². The molecule has 6 heteroatoms. The monoisotopic (exact) mass is 318 g/mol. The van der Waals surface area contributed by atoms with Gasteiger partial charge < -0.3 is 15.1 Å². The number of hydrogen-bond acceptors (Lipinski definition) is 3. The van der Waals surface area contributed by atoms with Crippen LogP contribution in [0.1, 0.15) is 36.3 Å². The molecule has 1 aliphatic heterocycles. The number of hydrogen-bond donors (Lipinski definition) is 1. The normalized spacial score (nSPS) is 17.4. The second-order valence-electron chi connectivity index (χ2n) is 6.65. The zero-order valence-corrected chi connectivity index (χ0v) is 14.4.